The number of aromatic nitrogens is 5. The minimum absolute atomic E-state index is 0.0600. The number of nitrogens with zero attached hydrogens (tertiary/aromatic N) is 6. The first-order valence-corrected chi connectivity index (χ1v) is 8.23. The van der Waals surface area contributed by atoms with Gasteiger partial charge in [0.15, 0.2) is 5.69 Å². The van der Waals surface area contributed by atoms with Crippen molar-refractivity contribution in [1.82, 2.24) is 30.7 Å². The van der Waals surface area contributed by atoms with Gasteiger partial charge in [0.25, 0.3) is 5.91 Å². The first-order valence-electron chi connectivity index (χ1n) is 7.41. The molecule has 0 aliphatic rings. The lowest BCUT2D eigenvalue weighted by Gasteiger charge is -2.07. The number of nitrogens with one attached hydrogen (secondary N) is 1. The van der Waals surface area contributed by atoms with Crippen LogP contribution in [0.15, 0.2) is 21.9 Å². The molecule has 25 heavy (non-hydrogen) atoms. The molecule has 3 rings (SSSR count). The molecule has 0 unspecified atom stereocenters. The van der Waals surface area contributed by atoms with E-state index < -0.39 is 5.91 Å². The molecule has 0 atom stereocenters. The summed E-state index contributed by atoms with van der Waals surface area (Å²) in [5.41, 5.74) is 8.82. The first kappa shape index (κ1) is 16.8. The van der Waals surface area contributed by atoms with Crippen LogP contribution in [0.1, 0.15) is 45.7 Å². The molecule has 10 nitrogen and oxygen atoms in total. The van der Waals surface area contributed by atoms with Gasteiger partial charge in [0.2, 0.25) is 11.6 Å². The summed E-state index contributed by atoms with van der Waals surface area (Å²) < 4.78 is 5.93. The molecule has 0 bridgehead atoms. The monoisotopic (exact) mass is 360 g/mol. The van der Waals surface area contributed by atoms with E-state index in [1.165, 1.54) is 4.68 Å². The second kappa shape index (κ2) is 6.81. The molecule has 1 amide bonds. The third-order valence-corrected chi connectivity index (χ3v) is 4.22. The van der Waals surface area contributed by atoms with Crippen molar-refractivity contribution in [2.45, 2.75) is 26.7 Å². The Morgan fingerprint density at radius 1 is 1.44 bits per heavy atom. The van der Waals surface area contributed by atoms with Gasteiger partial charge in [-0.15, -0.1) is 16.4 Å². The van der Waals surface area contributed by atoms with Gasteiger partial charge in [-0.3, -0.25) is 4.79 Å². The van der Waals surface area contributed by atoms with Crippen molar-refractivity contribution in [3.05, 3.63) is 33.3 Å². The van der Waals surface area contributed by atoms with E-state index in [0.717, 1.165) is 9.75 Å². The highest BCUT2D eigenvalue weighted by atomic mass is 32.1. The number of nitrogens with two attached hydrogens (primary N) is 1. The van der Waals surface area contributed by atoms with Crippen LogP contribution in [-0.4, -0.2) is 37.4 Å². The molecule has 3 heterocycles. The maximum absolute atomic E-state index is 12.4. The van der Waals surface area contributed by atoms with Crippen molar-refractivity contribution in [2.75, 3.05) is 5.73 Å². The third-order valence-electron chi connectivity index (χ3n) is 3.28. The molecule has 0 saturated carbocycles. The Kier molecular flexibility index (Phi) is 4.57. The number of hydrazone groups is 1. The maximum atomic E-state index is 12.4. The Labute approximate surface area is 146 Å². The maximum Gasteiger partial charge on any atom is 0.293 e. The summed E-state index contributed by atoms with van der Waals surface area (Å²) in [7, 11) is 0. The molecule has 0 aromatic carbocycles. The highest BCUT2D eigenvalue weighted by Crippen LogP contribution is 2.22. The van der Waals surface area contributed by atoms with Gasteiger partial charge < -0.3 is 5.73 Å². The zero-order chi connectivity index (χ0) is 18.0. The van der Waals surface area contributed by atoms with Crippen LogP contribution in [-0.2, 0) is 0 Å². The fraction of sp³-hybridized carbons (Fsp3) is 0.286. The molecule has 11 heteroatoms. The van der Waals surface area contributed by atoms with Crippen LogP contribution in [0.5, 0.6) is 0 Å². The van der Waals surface area contributed by atoms with E-state index in [1.54, 1.807) is 17.6 Å². The van der Waals surface area contributed by atoms with Gasteiger partial charge in [0.05, 0.1) is 11.9 Å². The number of carbonyl (C=O) groups is 1. The van der Waals surface area contributed by atoms with Crippen molar-refractivity contribution in [2.24, 2.45) is 5.10 Å². The Morgan fingerprint density at radius 2 is 2.24 bits per heavy atom. The molecule has 0 aliphatic heterocycles. The summed E-state index contributed by atoms with van der Waals surface area (Å²) in [6, 6.07) is 3.90. The van der Waals surface area contributed by atoms with E-state index in [2.05, 4.69) is 35.8 Å². The van der Waals surface area contributed by atoms with Crippen molar-refractivity contribution >= 4 is 29.3 Å². The van der Waals surface area contributed by atoms with Crippen LogP contribution >= 0.6 is 11.3 Å². The average Bonchev–Trinajstić information content (AvgIpc) is 3.26. The second-order valence-corrected chi connectivity index (χ2v) is 6.83. The molecule has 0 saturated heterocycles. The van der Waals surface area contributed by atoms with E-state index in [-0.39, 0.29) is 23.2 Å². The number of carbonyl (C=O) groups excluding carboxylic acids is 1. The lowest BCUT2D eigenvalue weighted by atomic mass is 10.1. The number of hydrogen-bond acceptors (Lipinski definition) is 9. The highest BCUT2D eigenvalue weighted by molar-refractivity contribution is 7.13. The van der Waals surface area contributed by atoms with Crippen molar-refractivity contribution < 1.29 is 9.42 Å². The normalized spacial score (nSPS) is 11.5. The summed E-state index contributed by atoms with van der Waals surface area (Å²) in [4.78, 5) is 14.5. The van der Waals surface area contributed by atoms with Crippen LogP contribution in [0, 0.1) is 6.92 Å². The van der Waals surface area contributed by atoms with Gasteiger partial charge >= 0.3 is 0 Å². The van der Waals surface area contributed by atoms with Crippen molar-refractivity contribution in [3.63, 3.8) is 0 Å². The molecular weight excluding hydrogens is 344 g/mol. The minimum Gasteiger partial charge on any atom is -0.378 e. The lowest BCUT2D eigenvalue weighted by Crippen LogP contribution is -2.20. The third kappa shape index (κ3) is 3.40. The lowest BCUT2D eigenvalue weighted by molar-refractivity contribution is 0.0948. The average molecular weight is 360 g/mol. The fourth-order valence-electron chi connectivity index (χ4n) is 2.19. The number of amides is 1. The SMILES string of the molecule is Cc1ccc(C=NNC(=O)c2nnn(-c3nonc3N)c2C(C)C)s1. The van der Waals surface area contributed by atoms with Crippen LogP contribution in [0.4, 0.5) is 5.82 Å². The van der Waals surface area contributed by atoms with E-state index in [9.17, 15) is 4.79 Å². The summed E-state index contributed by atoms with van der Waals surface area (Å²) >= 11 is 1.58. The van der Waals surface area contributed by atoms with E-state index >= 15 is 0 Å². The number of aryl methyl sites for hydroxylation is 1. The van der Waals surface area contributed by atoms with Gasteiger partial charge in [0.1, 0.15) is 0 Å². The summed E-state index contributed by atoms with van der Waals surface area (Å²) in [6.45, 7) is 5.79. The number of thiophene rings is 1. The van der Waals surface area contributed by atoms with Crippen LogP contribution in [0.2, 0.25) is 0 Å². The number of rotatable bonds is 5. The van der Waals surface area contributed by atoms with E-state index in [4.69, 9.17) is 5.73 Å². The minimum atomic E-state index is -0.477. The topological polar surface area (TPSA) is 137 Å². The number of hydrogen-bond donors (Lipinski definition) is 2. The van der Waals surface area contributed by atoms with E-state index in [1.807, 2.05) is 32.9 Å². The standard InChI is InChI=1S/C14H16N8O2S/c1-7(2)11-10(17-21-22(11)13-12(15)19-24-20-13)14(23)18-16-6-9-5-4-8(3)25-9/h4-7H,1-3H3,(H2,15,19)(H,18,23). The fourth-order valence-corrected chi connectivity index (χ4v) is 2.94. The van der Waals surface area contributed by atoms with Crippen LogP contribution in [0.25, 0.3) is 5.82 Å². The summed E-state index contributed by atoms with van der Waals surface area (Å²) in [6.07, 6.45) is 1.58. The molecule has 0 aliphatic carbocycles. The molecule has 130 valence electrons. The molecule has 0 spiro atoms. The van der Waals surface area contributed by atoms with Crippen LogP contribution < -0.4 is 11.2 Å². The highest BCUT2D eigenvalue weighted by Gasteiger charge is 2.25. The van der Waals surface area contributed by atoms with E-state index in [0.29, 0.717) is 5.69 Å². The molecule has 3 aromatic heterocycles. The zero-order valence-corrected chi connectivity index (χ0v) is 14.6. The molecular formula is C14H16N8O2S. The molecule has 0 fully saturated rings. The summed E-state index contributed by atoms with van der Waals surface area (Å²) in [5.74, 6) is -0.303. The number of nitrogen functional groups attached to an aromatic ring is 1. The summed E-state index contributed by atoms with van der Waals surface area (Å²) in [5, 5.41) is 19.0. The Morgan fingerprint density at radius 3 is 2.84 bits per heavy atom. The zero-order valence-electron chi connectivity index (χ0n) is 13.8. The second-order valence-electron chi connectivity index (χ2n) is 5.51. The Balaban J connectivity index is 1.84. The van der Waals surface area contributed by atoms with Gasteiger partial charge in [-0.1, -0.05) is 19.1 Å². The molecule has 0 radical (unpaired) electrons. The van der Waals surface area contributed by atoms with Crippen molar-refractivity contribution in [1.29, 1.82) is 0 Å². The van der Waals surface area contributed by atoms with Crippen molar-refractivity contribution in [3.8, 4) is 5.82 Å². The van der Waals surface area contributed by atoms with Crippen LogP contribution in [0.3, 0.4) is 0 Å². The predicted octanol–water partition coefficient (Wildman–Crippen LogP) is 1.49. The van der Waals surface area contributed by atoms with Gasteiger partial charge in [0, 0.05) is 9.75 Å². The molecule has 3 N–H and O–H groups in total. The first-order chi connectivity index (χ1) is 12.0. The Bertz CT molecular complexity index is 923. The predicted molar refractivity (Wildman–Crippen MR) is 91.8 cm³/mol. The quantitative estimate of drug-likeness (QED) is 0.519. The smallest absolute Gasteiger partial charge is 0.293 e. The van der Waals surface area contributed by atoms with Gasteiger partial charge in [-0.25, -0.2) is 10.1 Å². The van der Waals surface area contributed by atoms with Gasteiger partial charge in [-0.05, 0) is 35.3 Å². The number of anilines is 1. The largest absolute Gasteiger partial charge is 0.378 e. The molecule has 3 aromatic rings. The Hall–Kier alpha value is -3.08. The van der Waals surface area contributed by atoms with Gasteiger partial charge in [-0.2, -0.15) is 9.78 Å².